The second-order valence-electron chi connectivity index (χ2n) is 2.86. The van der Waals surface area contributed by atoms with Crippen molar-refractivity contribution in [2.45, 2.75) is 0 Å². The first kappa shape index (κ1) is 9.39. The Balaban J connectivity index is 2.22. The number of ether oxygens (including phenoxy) is 1. The molecule has 2 heterocycles. The van der Waals surface area contributed by atoms with E-state index in [1.807, 2.05) is 0 Å². The Morgan fingerprint density at radius 2 is 2.07 bits per heavy atom. The van der Waals surface area contributed by atoms with Gasteiger partial charge in [-0.2, -0.15) is 0 Å². The summed E-state index contributed by atoms with van der Waals surface area (Å²) < 4.78 is 18.1. The van der Waals surface area contributed by atoms with Crippen molar-refractivity contribution in [3.05, 3.63) is 42.6 Å². The minimum absolute atomic E-state index is 0.320. The van der Waals surface area contributed by atoms with Crippen LogP contribution in [0.2, 0.25) is 0 Å². The molecule has 0 aliphatic carbocycles. The third-order valence-electron chi connectivity index (χ3n) is 1.67. The number of nitrogens with two attached hydrogens (primary N) is 1. The average molecular weight is 205 g/mol. The van der Waals surface area contributed by atoms with E-state index in [1.54, 1.807) is 12.1 Å². The highest BCUT2D eigenvalue weighted by atomic mass is 19.1. The van der Waals surface area contributed by atoms with E-state index in [0.717, 1.165) is 6.20 Å². The van der Waals surface area contributed by atoms with Crippen LogP contribution in [0.25, 0.3) is 0 Å². The Morgan fingerprint density at radius 3 is 2.80 bits per heavy atom. The summed E-state index contributed by atoms with van der Waals surface area (Å²) in [6, 6.07) is 4.41. The molecule has 0 radical (unpaired) electrons. The Hall–Kier alpha value is -2.17. The lowest BCUT2D eigenvalue weighted by Crippen LogP contribution is -1.91. The first-order valence-corrected chi connectivity index (χ1v) is 4.24. The highest BCUT2D eigenvalue weighted by Crippen LogP contribution is 2.21. The quantitative estimate of drug-likeness (QED) is 0.814. The number of pyridine rings is 2. The number of nitrogen functional groups attached to an aromatic ring is 1. The van der Waals surface area contributed by atoms with E-state index in [1.165, 1.54) is 18.5 Å². The Morgan fingerprint density at radius 1 is 1.20 bits per heavy atom. The fourth-order valence-electron chi connectivity index (χ4n) is 1.08. The van der Waals surface area contributed by atoms with E-state index in [2.05, 4.69) is 9.97 Å². The molecule has 0 saturated carbocycles. The van der Waals surface area contributed by atoms with Gasteiger partial charge in [0.1, 0.15) is 23.1 Å². The predicted octanol–water partition coefficient (Wildman–Crippen LogP) is 1.99. The van der Waals surface area contributed by atoms with Gasteiger partial charge in [0.25, 0.3) is 0 Å². The molecule has 2 aromatic heterocycles. The Bertz CT molecular complexity index is 432. The SMILES string of the molecule is Nc1cc(Oc2cncc(F)c2)ccn1. The van der Waals surface area contributed by atoms with Gasteiger partial charge in [-0.05, 0) is 6.07 Å². The maximum atomic E-state index is 12.8. The van der Waals surface area contributed by atoms with E-state index in [9.17, 15) is 4.39 Å². The Labute approximate surface area is 85.5 Å². The summed E-state index contributed by atoms with van der Waals surface area (Å²) in [6.07, 6.45) is 4.03. The lowest BCUT2D eigenvalue weighted by molar-refractivity contribution is 0.473. The van der Waals surface area contributed by atoms with Crippen LogP contribution in [0.3, 0.4) is 0 Å². The average Bonchev–Trinajstić information content (AvgIpc) is 2.17. The zero-order chi connectivity index (χ0) is 10.7. The number of aromatic nitrogens is 2. The monoisotopic (exact) mass is 205 g/mol. The molecule has 0 unspecified atom stereocenters. The van der Waals surface area contributed by atoms with Gasteiger partial charge in [-0.3, -0.25) is 4.98 Å². The molecule has 15 heavy (non-hydrogen) atoms. The van der Waals surface area contributed by atoms with Crippen LogP contribution in [0.4, 0.5) is 10.2 Å². The zero-order valence-electron chi connectivity index (χ0n) is 7.72. The molecule has 4 nitrogen and oxygen atoms in total. The fourth-order valence-corrected chi connectivity index (χ4v) is 1.08. The van der Waals surface area contributed by atoms with Crippen LogP contribution in [-0.4, -0.2) is 9.97 Å². The maximum Gasteiger partial charge on any atom is 0.148 e. The second-order valence-corrected chi connectivity index (χ2v) is 2.86. The second kappa shape index (κ2) is 3.91. The van der Waals surface area contributed by atoms with Crippen LogP contribution in [0, 0.1) is 5.82 Å². The van der Waals surface area contributed by atoms with Gasteiger partial charge in [0, 0.05) is 18.3 Å². The molecule has 0 aromatic carbocycles. The Kier molecular flexibility index (Phi) is 2.45. The van der Waals surface area contributed by atoms with Gasteiger partial charge in [-0.15, -0.1) is 0 Å². The van der Waals surface area contributed by atoms with Crippen molar-refractivity contribution in [2.24, 2.45) is 0 Å². The van der Waals surface area contributed by atoms with Crippen LogP contribution in [0.5, 0.6) is 11.5 Å². The van der Waals surface area contributed by atoms with Gasteiger partial charge >= 0.3 is 0 Å². The van der Waals surface area contributed by atoms with Crippen LogP contribution in [-0.2, 0) is 0 Å². The molecular formula is C10H8FN3O. The smallest absolute Gasteiger partial charge is 0.148 e. The molecule has 0 amide bonds. The molecule has 5 heteroatoms. The summed E-state index contributed by atoms with van der Waals surface area (Å²) in [5.41, 5.74) is 5.46. The predicted molar refractivity (Wildman–Crippen MR) is 52.9 cm³/mol. The van der Waals surface area contributed by atoms with Crippen LogP contribution >= 0.6 is 0 Å². The summed E-state index contributed by atoms with van der Waals surface area (Å²) in [6.45, 7) is 0. The van der Waals surface area contributed by atoms with Gasteiger partial charge in [-0.25, -0.2) is 9.37 Å². The first-order chi connectivity index (χ1) is 7.24. The van der Waals surface area contributed by atoms with E-state index in [-0.39, 0.29) is 0 Å². The van der Waals surface area contributed by atoms with Crippen LogP contribution in [0.15, 0.2) is 36.8 Å². The summed E-state index contributed by atoms with van der Waals surface area (Å²) in [5, 5.41) is 0. The molecule has 0 bridgehead atoms. The molecule has 0 spiro atoms. The summed E-state index contributed by atoms with van der Waals surface area (Å²) in [7, 11) is 0. The zero-order valence-corrected chi connectivity index (χ0v) is 7.72. The maximum absolute atomic E-state index is 12.8. The highest BCUT2D eigenvalue weighted by molar-refractivity contribution is 5.38. The van der Waals surface area contributed by atoms with E-state index < -0.39 is 5.82 Å². The highest BCUT2D eigenvalue weighted by Gasteiger charge is 1.99. The number of halogens is 1. The molecule has 0 aliphatic rings. The standard InChI is InChI=1S/C10H8FN3O/c11-7-3-9(6-13-5-7)15-8-1-2-14-10(12)4-8/h1-6H,(H2,12,14). The van der Waals surface area contributed by atoms with Crippen molar-refractivity contribution in [1.29, 1.82) is 0 Å². The third kappa shape index (κ3) is 2.40. The first-order valence-electron chi connectivity index (χ1n) is 4.24. The summed E-state index contributed by atoms with van der Waals surface area (Å²) >= 11 is 0. The minimum Gasteiger partial charge on any atom is -0.455 e. The van der Waals surface area contributed by atoms with Gasteiger partial charge < -0.3 is 10.5 Å². The molecule has 76 valence electrons. The van der Waals surface area contributed by atoms with Crippen molar-refractivity contribution in [3.8, 4) is 11.5 Å². The third-order valence-corrected chi connectivity index (χ3v) is 1.67. The van der Waals surface area contributed by atoms with E-state index >= 15 is 0 Å². The number of hydrogen-bond acceptors (Lipinski definition) is 4. The molecular weight excluding hydrogens is 197 g/mol. The lowest BCUT2D eigenvalue weighted by Gasteiger charge is -2.04. The molecule has 2 N–H and O–H groups in total. The van der Waals surface area contributed by atoms with Crippen molar-refractivity contribution >= 4 is 5.82 Å². The molecule has 0 aliphatic heterocycles. The number of anilines is 1. The van der Waals surface area contributed by atoms with Crippen LogP contribution in [0.1, 0.15) is 0 Å². The van der Waals surface area contributed by atoms with Crippen molar-refractivity contribution in [3.63, 3.8) is 0 Å². The molecule has 0 saturated heterocycles. The molecule has 2 aromatic rings. The van der Waals surface area contributed by atoms with Gasteiger partial charge in [-0.1, -0.05) is 0 Å². The van der Waals surface area contributed by atoms with Crippen LogP contribution < -0.4 is 10.5 Å². The largest absolute Gasteiger partial charge is 0.455 e. The van der Waals surface area contributed by atoms with E-state index in [0.29, 0.717) is 17.3 Å². The topological polar surface area (TPSA) is 61.0 Å². The molecule has 2 rings (SSSR count). The number of nitrogens with zero attached hydrogens (tertiary/aromatic N) is 2. The van der Waals surface area contributed by atoms with Gasteiger partial charge in [0.05, 0.1) is 12.4 Å². The minimum atomic E-state index is -0.450. The lowest BCUT2D eigenvalue weighted by atomic mass is 10.4. The van der Waals surface area contributed by atoms with Crippen molar-refractivity contribution in [2.75, 3.05) is 5.73 Å². The number of rotatable bonds is 2. The van der Waals surface area contributed by atoms with E-state index in [4.69, 9.17) is 10.5 Å². The number of hydrogen-bond donors (Lipinski definition) is 1. The summed E-state index contributed by atoms with van der Waals surface area (Å²) in [4.78, 5) is 7.46. The van der Waals surface area contributed by atoms with Crippen molar-refractivity contribution in [1.82, 2.24) is 9.97 Å². The fraction of sp³-hybridized carbons (Fsp3) is 0. The van der Waals surface area contributed by atoms with Crippen molar-refractivity contribution < 1.29 is 9.13 Å². The van der Waals surface area contributed by atoms with Gasteiger partial charge in [0.2, 0.25) is 0 Å². The summed E-state index contributed by atoms with van der Waals surface area (Å²) in [5.74, 6) is 0.710. The molecule has 0 atom stereocenters. The normalized spacial score (nSPS) is 9.93. The molecule has 0 fully saturated rings. The van der Waals surface area contributed by atoms with Gasteiger partial charge in [0.15, 0.2) is 0 Å².